The van der Waals surface area contributed by atoms with E-state index in [1.54, 1.807) is 30.3 Å². The molecule has 7 aromatic rings. The first-order valence-corrected chi connectivity index (χ1v) is 16.3. The number of nitrogens with one attached hydrogen (secondary N) is 1. The second kappa shape index (κ2) is 11.1. The van der Waals surface area contributed by atoms with Gasteiger partial charge in [-0.05, 0) is 60.7 Å². The Bertz CT molecular complexity index is 2600. The van der Waals surface area contributed by atoms with Crippen molar-refractivity contribution in [2.24, 2.45) is 0 Å². The molecule has 242 valence electrons. The number of hydrogen-bond donors (Lipinski definition) is 1. The summed E-state index contributed by atoms with van der Waals surface area (Å²) in [7, 11) is 0.223. The molecule has 4 aromatic heterocycles. The van der Waals surface area contributed by atoms with Crippen LogP contribution in [0, 0.1) is 11.6 Å². The lowest BCUT2D eigenvalue weighted by atomic mass is 10.0. The highest BCUT2D eigenvalue weighted by molar-refractivity contribution is 7.92. The summed E-state index contributed by atoms with van der Waals surface area (Å²) in [4.78, 5) is 35.5. The number of aromatic nitrogens is 3. The van der Waals surface area contributed by atoms with Gasteiger partial charge in [0.2, 0.25) is 15.8 Å². The summed E-state index contributed by atoms with van der Waals surface area (Å²) in [6.45, 7) is 0. The lowest BCUT2D eigenvalue weighted by Gasteiger charge is -2.20. The summed E-state index contributed by atoms with van der Waals surface area (Å²) in [5.41, 5.74) is 2.85. The Morgan fingerprint density at radius 2 is 1.71 bits per heavy atom. The van der Waals surface area contributed by atoms with E-state index in [0.29, 0.717) is 33.1 Å². The predicted octanol–water partition coefficient (Wildman–Crippen LogP) is 5.94. The zero-order valence-corrected chi connectivity index (χ0v) is 26.6. The number of nitrogens with zero attached hydrogens (tertiary/aromatic N) is 4. The zero-order valence-electron chi connectivity index (χ0n) is 25.8. The van der Waals surface area contributed by atoms with E-state index in [0.717, 1.165) is 10.6 Å². The van der Waals surface area contributed by atoms with Gasteiger partial charge in [0.25, 0.3) is 5.91 Å². The minimum Gasteiger partial charge on any atom is -0.463 e. The number of fused-ring (bicyclic) bond motifs is 6. The Labute approximate surface area is 271 Å². The van der Waals surface area contributed by atoms with Crippen molar-refractivity contribution in [3.8, 4) is 22.6 Å². The number of hydrogen-bond acceptors (Lipinski definition) is 8. The molecular formula is C34H25F2N5O6S. The molecule has 0 atom stereocenters. The first-order valence-electron chi connectivity index (χ1n) is 14.4. The molecule has 0 bridgehead atoms. The highest BCUT2D eigenvalue weighted by Crippen LogP contribution is 2.41. The van der Waals surface area contributed by atoms with Crippen molar-refractivity contribution in [1.29, 1.82) is 0 Å². The number of furan rings is 1. The van der Waals surface area contributed by atoms with Crippen LogP contribution in [0.2, 0.25) is 0 Å². The van der Waals surface area contributed by atoms with Crippen LogP contribution in [-0.2, 0) is 14.8 Å². The third kappa shape index (κ3) is 4.80. The second-order valence-corrected chi connectivity index (χ2v) is 13.0. The van der Waals surface area contributed by atoms with Gasteiger partial charge in [-0.25, -0.2) is 32.0 Å². The number of carbonyl (C=O) groups is 2. The van der Waals surface area contributed by atoms with E-state index >= 15 is 0 Å². The number of rotatable bonds is 6. The number of ether oxygens (including phenoxy) is 1. The molecule has 0 radical (unpaired) electrons. The number of pyridine rings is 1. The van der Waals surface area contributed by atoms with E-state index in [-0.39, 0.29) is 45.0 Å². The van der Waals surface area contributed by atoms with Crippen LogP contribution in [-0.4, -0.2) is 62.1 Å². The van der Waals surface area contributed by atoms with Crippen LogP contribution in [0.1, 0.15) is 21.0 Å². The normalized spacial score (nSPS) is 11.9. The molecule has 0 aliphatic carbocycles. The standard InChI is InChI=1S/C34H25F2N5O6S/c1-37-33(42)29-21-14-20(26(40(2)48(4,44)45)16-28(21)47-31(29)17-8-10-18(35)11-9-17)23-12-13-24-30(38-23)27-15-19-22(36)6-5-7-25(19)41(27)32(39-24)34(43)46-3/h5-16H,1-4H3,(H,37,42). The predicted molar refractivity (Wildman–Crippen MR) is 177 cm³/mol. The third-order valence-electron chi connectivity index (χ3n) is 8.19. The van der Waals surface area contributed by atoms with Crippen molar-refractivity contribution in [2.45, 2.75) is 0 Å². The van der Waals surface area contributed by atoms with E-state index in [1.807, 2.05) is 0 Å². The number of carbonyl (C=O) groups excluding carboxylic acids is 2. The molecule has 7 rings (SSSR count). The van der Waals surface area contributed by atoms with Gasteiger partial charge in [0.05, 0.1) is 46.9 Å². The van der Waals surface area contributed by atoms with Crippen LogP contribution < -0.4 is 9.62 Å². The Balaban J connectivity index is 1.56. The molecule has 11 nitrogen and oxygen atoms in total. The molecule has 0 spiro atoms. The molecule has 1 amide bonds. The Morgan fingerprint density at radius 1 is 0.958 bits per heavy atom. The molecule has 0 saturated heterocycles. The van der Waals surface area contributed by atoms with Gasteiger partial charge in [-0.1, -0.05) is 6.07 Å². The number of methoxy groups -OCH3 is 1. The molecule has 3 aromatic carbocycles. The maximum absolute atomic E-state index is 15.0. The lowest BCUT2D eigenvalue weighted by Crippen LogP contribution is -2.25. The Morgan fingerprint density at radius 3 is 2.40 bits per heavy atom. The number of sulfonamides is 1. The fraction of sp³-hybridized carbons (Fsp3) is 0.118. The minimum atomic E-state index is -3.82. The first kappa shape index (κ1) is 30.7. The van der Waals surface area contributed by atoms with Crippen molar-refractivity contribution in [1.82, 2.24) is 19.7 Å². The Hall–Kier alpha value is -5.89. The second-order valence-electron chi connectivity index (χ2n) is 11.0. The SMILES string of the molecule is CNC(=O)c1c(-c2ccc(F)cc2)oc2cc(N(C)S(C)(=O)=O)c(-c3ccc4nc(C(=O)OC)n5c6cccc(F)c6cc5c4n3)cc12. The first-order chi connectivity index (χ1) is 22.9. The van der Waals surface area contributed by atoms with Gasteiger partial charge < -0.3 is 14.5 Å². The van der Waals surface area contributed by atoms with Crippen LogP contribution in [0.4, 0.5) is 14.5 Å². The van der Waals surface area contributed by atoms with Gasteiger partial charge in [-0.3, -0.25) is 13.5 Å². The van der Waals surface area contributed by atoms with E-state index in [9.17, 15) is 26.8 Å². The monoisotopic (exact) mass is 669 g/mol. The summed E-state index contributed by atoms with van der Waals surface area (Å²) in [5.74, 6) is -2.15. The quantitative estimate of drug-likeness (QED) is 0.215. The van der Waals surface area contributed by atoms with E-state index in [4.69, 9.17) is 14.1 Å². The molecule has 0 fully saturated rings. The minimum absolute atomic E-state index is 0.0870. The summed E-state index contributed by atoms with van der Waals surface area (Å²) in [6, 6.07) is 17.7. The summed E-state index contributed by atoms with van der Waals surface area (Å²) in [6.07, 6.45) is 1.04. The highest BCUT2D eigenvalue weighted by Gasteiger charge is 2.27. The van der Waals surface area contributed by atoms with Crippen LogP contribution in [0.3, 0.4) is 0 Å². The molecule has 0 unspecified atom stereocenters. The zero-order chi connectivity index (χ0) is 34.1. The molecular weight excluding hydrogens is 644 g/mol. The maximum atomic E-state index is 15.0. The Kier molecular flexibility index (Phi) is 7.13. The van der Waals surface area contributed by atoms with Gasteiger partial charge >= 0.3 is 5.97 Å². The van der Waals surface area contributed by atoms with Crippen molar-refractivity contribution in [3.63, 3.8) is 0 Å². The van der Waals surface area contributed by atoms with E-state index < -0.39 is 33.5 Å². The average Bonchev–Trinajstić information content (AvgIpc) is 3.66. The van der Waals surface area contributed by atoms with E-state index in [2.05, 4.69) is 10.3 Å². The topological polar surface area (TPSA) is 136 Å². The molecule has 1 N–H and O–H groups in total. The summed E-state index contributed by atoms with van der Waals surface area (Å²) < 4.78 is 68.1. The number of esters is 1. The average molecular weight is 670 g/mol. The molecule has 14 heteroatoms. The van der Waals surface area contributed by atoms with Gasteiger partial charge in [-0.15, -0.1) is 0 Å². The van der Waals surface area contributed by atoms with Crippen LogP contribution in [0.15, 0.2) is 77.2 Å². The number of anilines is 1. The maximum Gasteiger partial charge on any atom is 0.374 e. The van der Waals surface area contributed by atoms with Crippen molar-refractivity contribution < 1.29 is 35.9 Å². The highest BCUT2D eigenvalue weighted by atomic mass is 32.2. The van der Waals surface area contributed by atoms with Gasteiger partial charge in [0.1, 0.15) is 28.5 Å². The molecule has 0 saturated carbocycles. The van der Waals surface area contributed by atoms with Crippen molar-refractivity contribution in [3.05, 3.63) is 95.8 Å². The largest absolute Gasteiger partial charge is 0.463 e. The van der Waals surface area contributed by atoms with E-state index in [1.165, 1.54) is 68.1 Å². The van der Waals surface area contributed by atoms with Crippen LogP contribution in [0.5, 0.6) is 0 Å². The number of halogens is 2. The van der Waals surface area contributed by atoms with Gasteiger partial charge in [0, 0.05) is 42.1 Å². The van der Waals surface area contributed by atoms with Gasteiger partial charge in [0.15, 0.2) is 0 Å². The molecule has 0 aliphatic rings. The van der Waals surface area contributed by atoms with Crippen molar-refractivity contribution >= 4 is 66.0 Å². The van der Waals surface area contributed by atoms with Crippen molar-refractivity contribution in [2.75, 3.05) is 31.8 Å². The summed E-state index contributed by atoms with van der Waals surface area (Å²) >= 11 is 0. The fourth-order valence-electron chi connectivity index (χ4n) is 5.80. The molecule has 0 aliphatic heterocycles. The third-order valence-corrected chi connectivity index (χ3v) is 9.39. The molecule has 48 heavy (non-hydrogen) atoms. The number of amides is 1. The summed E-state index contributed by atoms with van der Waals surface area (Å²) in [5, 5.41) is 3.18. The fourth-order valence-corrected chi connectivity index (χ4v) is 6.31. The molecule has 4 heterocycles. The lowest BCUT2D eigenvalue weighted by molar-refractivity contribution is 0.0585. The smallest absolute Gasteiger partial charge is 0.374 e. The van der Waals surface area contributed by atoms with Crippen LogP contribution >= 0.6 is 0 Å². The van der Waals surface area contributed by atoms with Gasteiger partial charge in [-0.2, -0.15) is 0 Å². The number of benzene rings is 3. The van der Waals surface area contributed by atoms with Crippen LogP contribution in [0.25, 0.3) is 61.0 Å².